The molecule has 0 aliphatic carbocycles. The molecule has 0 fully saturated rings. The second kappa shape index (κ2) is 7.89. The smallest absolute Gasteiger partial charge is 0.313 e. The monoisotopic (exact) mass is 359 g/mol. The van der Waals surface area contributed by atoms with Crippen LogP contribution in [0, 0.1) is 6.92 Å². The summed E-state index contributed by atoms with van der Waals surface area (Å²) in [5.41, 5.74) is 1.15. The van der Waals surface area contributed by atoms with Crippen LogP contribution in [0.5, 0.6) is 5.75 Å². The van der Waals surface area contributed by atoms with Crippen molar-refractivity contribution in [2.24, 2.45) is 0 Å². The van der Waals surface area contributed by atoms with Gasteiger partial charge in [-0.1, -0.05) is 29.5 Å². The minimum Gasteiger partial charge on any atom is -0.486 e. The molecule has 0 aliphatic heterocycles. The van der Waals surface area contributed by atoms with Gasteiger partial charge in [0.2, 0.25) is 0 Å². The number of aryl methyl sites for hydroxylation is 1. The van der Waals surface area contributed by atoms with E-state index in [0.717, 1.165) is 28.8 Å². The molecule has 3 rings (SSSR count). The highest BCUT2D eigenvalue weighted by Crippen LogP contribution is 2.20. The van der Waals surface area contributed by atoms with Crippen LogP contribution in [-0.2, 0) is 17.9 Å². The Bertz CT molecular complexity index is 828. The molecule has 0 saturated carbocycles. The zero-order valence-corrected chi connectivity index (χ0v) is 14.4. The van der Waals surface area contributed by atoms with E-state index in [1.54, 1.807) is 16.9 Å². The zero-order chi connectivity index (χ0) is 17.6. The topological polar surface area (TPSA) is 90.4 Å². The third-order valence-electron chi connectivity index (χ3n) is 3.40. The van der Waals surface area contributed by atoms with Crippen molar-refractivity contribution in [1.82, 2.24) is 14.8 Å². The van der Waals surface area contributed by atoms with Crippen molar-refractivity contribution in [3.8, 4) is 5.75 Å². The van der Waals surface area contributed by atoms with Gasteiger partial charge in [-0.15, -0.1) is 10.2 Å². The van der Waals surface area contributed by atoms with Gasteiger partial charge < -0.3 is 14.3 Å². The maximum absolute atomic E-state index is 10.8. The molecule has 2 aromatic heterocycles. The Hall–Kier alpha value is -2.74. The largest absolute Gasteiger partial charge is 0.486 e. The summed E-state index contributed by atoms with van der Waals surface area (Å²) in [7, 11) is 0. The minimum absolute atomic E-state index is 0.0882. The Balaban J connectivity index is 1.76. The average Bonchev–Trinajstić information content (AvgIpc) is 3.23. The van der Waals surface area contributed by atoms with E-state index >= 15 is 0 Å². The summed E-state index contributed by atoms with van der Waals surface area (Å²) in [6, 6.07) is 11.4. The number of carbonyl (C=O) groups is 1. The summed E-state index contributed by atoms with van der Waals surface area (Å²) in [5, 5.41) is 17.6. The van der Waals surface area contributed by atoms with Crippen LogP contribution in [0.25, 0.3) is 0 Å². The van der Waals surface area contributed by atoms with Crippen molar-refractivity contribution in [3.63, 3.8) is 0 Å². The molecule has 0 atom stereocenters. The molecule has 0 saturated heterocycles. The van der Waals surface area contributed by atoms with Crippen LogP contribution in [-0.4, -0.2) is 31.6 Å². The molecule has 1 aromatic carbocycles. The summed E-state index contributed by atoms with van der Waals surface area (Å²) in [5.74, 6) is 1.07. The molecule has 8 heteroatoms. The van der Waals surface area contributed by atoms with Crippen LogP contribution in [0.2, 0.25) is 0 Å². The molecule has 25 heavy (non-hydrogen) atoms. The molecule has 0 amide bonds. The van der Waals surface area contributed by atoms with Gasteiger partial charge in [0.25, 0.3) is 0 Å². The highest BCUT2D eigenvalue weighted by Gasteiger charge is 2.16. The number of ether oxygens (including phenoxy) is 1. The van der Waals surface area contributed by atoms with E-state index in [1.165, 1.54) is 0 Å². The van der Waals surface area contributed by atoms with E-state index in [9.17, 15) is 4.79 Å². The molecular weight excluding hydrogens is 342 g/mol. The van der Waals surface area contributed by atoms with Crippen LogP contribution < -0.4 is 4.74 Å². The van der Waals surface area contributed by atoms with Gasteiger partial charge in [-0.2, -0.15) is 0 Å². The van der Waals surface area contributed by atoms with Gasteiger partial charge in [0.1, 0.15) is 18.1 Å². The first-order chi connectivity index (χ1) is 12.1. The number of nitrogens with zero attached hydrogens (tertiary/aromatic N) is 3. The number of rotatable bonds is 8. The number of aromatic nitrogens is 3. The van der Waals surface area contributed by atoms with E-state index in [2.05, 4.69) is 10.2 Å². The van der Waals surface area contributed by atoms with Gasteiger partial charge in [-0.05, 0) is 31.2 Å². The summed E-state index contributed by atoms with van der Waals surface area (Å²) < 4.78 is 12.9. The fourth-order valence-electron chi connectivity index (χ4n) is 2.16. The zero-order valence-electron chi connectivity index (χ0n) is 13.6. The van der Waals surface area contributed by atoms with Gasteiger partial charge in [0.15, 0.2) is 11.0 Å². The number of carboxylic acid groups (broad SMARTS) is 1. The van der Waals surface area contributed by atoms with Crippen molar-refractivity contribution in [2.45, 2.75) is 25.2 Å². The third-order valence-corrected chi connectivity index (χ3v) is 4.35. The normalized spacial score (nSPS) is 10.8. The lowest BCUT2D eigenvalue weighted by molar-refractivity contribution is -0.133. The first kappa shape index (κ1) is 17.1. The fourth-order valence-corrected chi connectivity index (χ4v) is 2.84. The van der Waals surface area contributed by atoms with Crippen LogP contribution in [0.3, 0.4) is 0 Å². The SMILES string of the molecule is Cc1ccc(OCc2nnc(SCC(=O)O)n2Cc2ccco2)cc1. The molecule has 0 bridgehead atoms. The first-order valence-electron chi connectivity index (χ1n) is 7.60. The van der Waals surface area contributed by atoms with Crippen molar-refractivity contribution >= 4 is 17.7 Å². The lowest BCUT2D eigenvalue weighted by atomic mass is 10.2. The first-order valence-corrected chi connectivity index (χ1v) is 8.59. The van der Waals surface area contributed by atoms with Crippen LogP contribution in [0.4, 0.5) is 0 Å². The minimum atomic E-state index is -0.907. The van der Waals surface area contributed by atoms with E-state index in [1.807, 2.05) is 37.3 Å². The number of hydrogen-bond donors (Lipinski definition) is 1. The number of benzene rings is 1. The molecule has 3 aromatic rings. The molecule has 1 N–H and O–H groups in total. The number of carboxylic acids is 1. The third kappa shape index (κ3) is 4.63. The molecule has 0 radical (unpaired) electrons. The van der Waals surface area contributed by atoms with E-state index in [0.29, 0.717) is 17.5 Å². The lowest BCUT2D eigenvalue weighted by Crippen LogP contribution is -2.10. The van der Waals surface area contributed by atoms with Gasteiger partial charge in [-0.3, -0.25) is 9.36 Å². The van der Waals surface area contributed by atoms with E-state index in [4.69, 9.17) is 14.3 Å². The maximum atomic E-state index is 10.8. The van der Waals surface area contributed by atoms with Crippen LogP contribution in [0.15, 0.2) is 52.2 Å². The summed E-state index contributed by atoms with van der Waals surface area (Å²) in [6.07, 6.45) is 1.59. The van der Waals surface area contributed by atoms with Gasteiger partial charge in [0.05, 0.1) is 18.6 Å². The second-order valence-corrected chi connectivity index (χ2v) is 6.29. The highest BCUT2D eigenvalue weighted by atomic mass is 32.2. The van der Waals surface area contributed by atoms with Crippen molar-refractivity contribution in [1.29, 1.82) is 0 Å². The predicted molar refractivity (Wildman–Crippen MR) is 91.7 cm³/mol. The Morgan fingerprint density at radius 3 is 2.76 bits per heavy atom. The lowest BCUT2D eigenvalue weighted by Gasteiger charge is -2.09. The molecule has 0 aliphatic rings. The van der Waals surface area contributed by atoms with Crippen LogP contribution >= 0.6 is 11.8 Å². The van der Waals surface area contributed by atoms with Gasteiger partial charge in [-0.25, -0.2) is 0 Å². The Kier molecular flexibility index (Phi) is 5.39. The summed E-state index contributed by atoms with van der Waals surface area (Å²) >= 11 is 1.11. The van der Waals surface area contributed by atoms with Crippen molar-refractivity contribution in [2.75, 3.05) is 5.75 Å². The van der Waals surface area contributed by atoms with Gasteiger partial charge in [0, 0.05) is 0 Å². The number of aliphatic carboxylic acids is 1. The van der Waals surface area contributed by atoms with E-state index in [-0.39, 0.29) is 12.4 Å². The highest BCUT2D eigenvalue weighted by molar-refractivity contribution is 7.99. The summed E-state index contributed by atoms with van der Waals surface area (Å²) in [4.78, 5) is 10.8. The Morgan fingerprint density at radius 2 is 2.08 bits per heavy atom. The molecular formula is C17H17N3O4S. The fraction of sp³-hybridized carbons (Fsp3) is 0.235. The molecule has 2 heterocycles. The quantitative estimate of drug-likeness (QED) is 0.618. The van der Waals surface area contributed by atoms with Crippen molar-refractivity contribution in [3.05, 3.63) is 59.8 Å². The van der Waals surface area contributed by atoms with Crippen molar-refractivity contribution < 1.29 is 19.1 Å². The Labute approximate surface area is 148 Å². The van der Waals surface area contributed by atoms with E-state index < -0.39 is 5.97 Å². The predicted octanol–water partition coefficient (Wildman–Crippen LogP) is 2.98. The van der Waals surface area contributed by atoms with Gasteiger partial charge >= 0.3 is 5.97 Å². The maximum Gasteiger partial charge on any atom is 0.313 e. The average molecular weight is 359 g/mol. The molecule has 0 spiro atoms. The molecule has 130 valence electrons. The standard InChI is InChI=1S/C17H17N3O4S/c1-12-4-6-13(7-5-12)24-10-15-18-19-17(25-11-16(21)22)20(15)9-14-3-2-8-23-14/h2-8H,9-11H2,1H3,(H,21,22). The van der Waals surface area contributed by atoms with Crippen LogP contribution in [0.1, 0.15) is 17.1 Å². The molecule has 7 nitrogen and oxygen atoms in total. The molecule has 0 unspecified atom stereocenters. The number of furan rings is 1. The Morgan fingerprint density at radius 1 is 1.28 bits per heavy atom. The number of hydrogen-bond acceptors (Lipinski definition) is 6. The second-order valence-electron chi connectivity index (χ2n) is 5.35. The number of thioether (sulfide) groups is 1. The summed E-state index contributed by atoms with van der Waals surface area (Å²) in [6.45, 7) is 2.65.